The molecule has 1 amide bonds. The van der Waals surface area contributed by atoms with E-state index in [1.165, 1.54) is 295 Å². The molecule has 0 aliphatic rings. The van der Waals surface area contributed by atoms with Gasteiger partial charge in [0.1, 0.15) is 0 Å². The summed E-state index contributed by atoms with van der Waals surface area (Å²) in [6.45, 7) is 4.89. The summed E-state index contributed by atoms with van der Waals surface area (Å²) in [5.74, 6) is -0.0562. The molecule has 0 radical (unpaired) electrons. The van der Waals surface area contributed by atoms with Crippen LogP contribution in [-0.2, 0) is 14.3 Å². The first kappa shape index (κ1) is 74.1. The molecule has 0 aromatic carbocycles. The highest BCUT2D eigenvalue weighted by atomic mass is 16.5. The number of amides is 1. The van der Waals surface area contributed by atoms with E-state index in [-0.39, 0.29) is 18.5 Å². The number of unbranched alkanes of at least 4 members (excludes halogenated alkanes) is 49. The summed E-state index contributed by atoms with van der Waals surface area (Å²) in [5, 5.41) is 23.1. The van der Waals surface area contributed by atoms with E-state index in [1.807, 2.05) is 6.08 Å². The summed E-state index contributed by atoms with van der Waals surface area (Å²) >= 11 is 0. The van der Waals surface area contributed by atoms with Crippen molar-refractivity contribution >= 4 is 11.9 Å². The molecule has 6 heteroatoms. The molecule has 2 unspecified atom stereocenters. The molecule has 0 aromatic rings. The SMILES string of the molecule is CCCCC/C=C\C/C=C\CCCCCCCC(=O)OCCCCCCCCCCCCCCCCCCCCCCCCCCCCCCCCCC(=O)NC(CO)C(O)/C=C/CCCCCCCCCCCCC. The van der Waals surface area contributed by atoms with Gasteiger partial charge in [0.05, 0.1) is 25.4 Å². The normalized spacial score (nSPS) is 12.7. The second kappa shape index (κ2) is 65.6. The zero-order valence-corrected chi connectivity index (χ0v) is 51.3. The third-order valence-corrected chi connectivity index (χ3v) is 15.9. The summed E-state index contributed by atoms with van der Waals surface area (Å²) in [6.07, 6.45) is 83.7. The van der Waals surface area contributed by atoms with Crippen LogP contribution in [-0.4, -0.2) is 47.4 Å². The highest BCUT2D eigenvalue weighted by molar-refractivity contribution is 5.76. The van der Waals surface area contributed by atoms with E-state index < -0.39 is 12.1 Å². The average molecular weight is 1070 g/mol. The van der Waals surface area contributed by atoms with Gasteiger partial charge in [-0.15, -0.1) is 0 Å². The van der Waals surface area contributed by atoms with Crippen molar-refractivity contribution in [2.75, 3.05) is 13.2 Å². The molecule has 76 heavy (non-hydrogen) atoms. The number of nitrogens with one attached hydrogen (secondary N) is 1. The first-order valence-corrected chi connectivity index (χ1v) is 34.3. The third kappa shape index (κ3) is 61.3. The van der Waals surface area contributed by atoms with Gasteiger partial charge in [-0.05, 0) is 64.2 Å². The number of hydrogen-bond donors (Lipinski definition) is 3. The molecular formula is C70H133NO5. The number of rotatable bonds is 64. The molecule has 0 rings (SSSR count). The molecule has 0 heterocycles. The fourth-order valence-corrected chi connectivity index (χ4v) is 10.7. The molecule has 0 aliphatic carbocycles. The van der Waals surface area contributed by atoms with Gasteiger partial charge >= 0.3 is 5.97 Å². The van der Waals surface area contributed by atoms with Crippen molar-refractivity contribution in [1.82, 2.24) is 5.32 Å². The monoisotopic (exact) mass is 1070 g/mol. The van der Waals surface area contributed by atoms with E-state index in [0.29, 0.717) is 19.4 Å². The Hall–Kier alpha value is -1.92. The van der Waals surface area contributed by atoms with Gasteiger partial charge in [-0.25, -0.2) is 0 Å². The second-order valence-electron chi connectivity index (χ2n) is 23.5. The van der Waals surface area contributed by atoms with Crippen LogP contribution < -0.4 is 5.32 Å². The lowest BCUT2D eigenvalue weighted by Crippen LogP contribution is -2.45. The lowest BCUT2D eigenvalue weighted by Gasteiger charge is -2.20. The van der Waals surface area contributed by atoms with Crippen LogP contribution in [0.4, 0.5) is 0 Å². The van der Waals surface area contributed by atoms with Crippen LogP contribution in [0.2, 0.25) is 0 Å². The van der Waals surface area contributed by atoms with Crippen molar-refractivity contribution in [2.24, 2.45) is 0 Å². The molecular weight excluding hydrogens is 935 g/mol. The van der Waals surface area contributed by atoms with Gasteiger partial charge in [-0.2, -0.15) is 0 Å². The number of carbonyl (C=O) groups excluding carboxylic acids is 2. The van der Waals surface area contributed by atoms with Crippen LogP contribution in [0.1, 0.15) is 373 Å². The molecule has 0 bridgehead atoms. The summed E-state index contributed by atoms with van der Waals surface area (Å²) in [7, 11) is 0. The van der Waals surface area contributed by atoms with E-state index in [0.717, 1.165) is 51.4 Å². The van der Waals surface area contributed by atoms with Crippen LogP contribution >= 0.6 is 0 Å². The van der Waals surface area contributed by atoms with E-state index in [2.05, 4.69) is 43.5 Å². The molecule has 0 spiro atoms. The van der Waals surface area contributed by atoms with Gasteiger partial charge in [-0.1, -0.05) is 333 Å². The van der Waals surface area contributed by atoms with Crippen molar-refractivity contribution in [2.45, 2.75) is 386 Å². The molecule has 0 saturated carbocycles. The Kier molecular flexibility index (Phi) is 63.9. The van der Waals surface area contributed by atoms with Crippen LogP contribution in [0.15, 0.2) is 36.5 Å². The Labute approximate surface area is 474 Å². The van der Waals surface area contributed by atoms with Gasteiger partial charge in [0.15, 0.2) is 0 Å². The summed E-state index contributed by atoms with van der Waals surface area (Å²) < 4.78 is 5.49. The lowest BCUT2D eigenvalue weighted by atomic mass is 10.0. The first-order chi connectivity index (χ1) is 37.5. The number of ether oxygens (including phenoxy) is 1. The fraction of sp³-hybridized carbons (Fsp3) is 0.886. The highest BCUT2D eigenvalue weighted by Gasteiger charge is 2.18. The molecule has 2 atom stereocenters. The average Bonchev–Trinajstić information content (AvgIpc) is 3.42. The van der Waals surface area contributed by atoms with Gasteiger partial charge in [0.2, 0.25) is 5.91 Å². The van der Waals surface area contributed by atoms with E-state index in [4.69, 9.17) is 4.74 Å². The molecule has 0 aromatic heterocycles. The van der Waals surface area contributed by atoms with Crippen LogP contribution in [0.25, 0.3) is 0 Å². The maximum Gasteiger partial charge on any atom is 0.305 e. The summed E-state index contributed by atoms with van der Waals surface area (Å²) in [4.78, 5) is 24.5. The molecule has 448 valence electrons. The second-order valence-corrected chi connectivity index (χ2v) is 23.5. The van der Waals surface area contributed by atoms with Crippen molar-refractivity contribution in [3.8, 4) is 0 Å². The highest BCUT2D eigenvalue weighted by Crippen LogP contribution is 2.18. The molecule has 3 N–H and O–H groups in total. The summed E-state index contributed by atoms with van der Waals surface area (Å²) in [6, 6.07) is -0.624. The fourth-order valence-electron chi connectivity index (χ4n) is 10.7. The number of allylic oxidation sites excluding steroid dienone is 5. The number of aliphatic hydroxyl groups is 2. The van der Waals surface area contributed by atoms with Gasteiger partial charge in [-0.3, -0.25) is 9.59 Å². The van der Waals surface area contributed by atoms with Crippen LogP contribution in [0.5, 0.6) is 0 Å². The standard InChI is InChI=1S/C70H133NO5/c1-3-5-7-9-11-13-15-17-35-40-44-48-52-56-60-64-70(75)76-65-61-57-53-49-45-41-37-34-32-30-28-26-24-22-20-18-19-21-23-25-27-29-31-33-36-39-43-47-51-55-59-63-69(74)71-67(66-72)68(73)62-58-54-50-46-42-38-16-14-12-10-8-6-4-2/h11,13,17,35,58,62,67-68,72-73H,3-10,12,14-16,18-34,36-57,59-61,63-66H2,1-2H3,(H,71,74)/b13-11-,35-17-,62-58+. The predicted molar refractivity (Wildman–Crippen MR) is 333 cm³/mol. The van der Waals surface area contributed by atoms with Gasteiger partial charge < -0.3 is 20.3 Å². The lowest BCUT2D eigenvalue weighted by molar-refractivity contribution is -0.143. The number of hydrogen-bond acceptors (Lipinski definition) is 5. The molecule has 0 saturated heterocycles. The van der Waals surface area contributed by atoms with E-state index >= 15 is 0 Å². The molecule has 6 nitrogen and oxygen atoms in total. The number of esters is 1. The Balaban J connectivity index is 3.33. The van der Waals surface area contributed by atoms with E-state index in [1.54, 1.807) is 6.08 Å². The van der Waals surface area contributed by atoms with Crippen molar-refractivity contribution in [1.29, 1.82) is 0 Å². The smallest absolute Gasteiger partial charge is 0.305 e. The van der Waals surface area contributed by atoms with Crippen LogP contribution in [0, 0.1) is 0 Å². The topological polar surface area (TPSA) is 95.9 Å². The zero-order valence-electron chi connectivity index (χ0n) is 51.3. The third-order valence-electron chi connectivity index (χ3n) is 15.9. The Bertz CT molecular complexity index is 1230. The van der Waals surface area contributed by atoms with Gasteiger partial charge in [0.25, 0.3) is 0 Å². The maximum atomic E-state index is 12.5. The van der Waals surface area contributed by atoms with Crippen LogP contribution in [0.3, 0.4) is 0 Å². The molecule has 0 aliphatic heterocycles. The van der Waals surface area contributed by atoms with Crippen molar-refractivity contribution < 1.29 is 24.5 Å². The summed E-state index contributed by atoms with van der Waals surface area (Å²) in [5.41, 5.74) is 0. The predicted octanol–water partition coefficient (Wildman–Crippen LogP) is 21.9. The first-order valence-electron chi connectivity index (χ1n) is 34.3. The Morgan fingerprint density at radius 2 is 0.658 bits per heavy atom. The van der Waals surface area contributed by atoms with Gasteiger partial charge in [0, 0.05) is 12.8 Å². The quantitative estimate of drug-likeness (QED) is 0.0320. The van der Waals surface area contributed by atoms with Crippen molar-refractivity contribution in [3.63, 3.8) is 0 Å². The van der Waals surface area contributed by atoms with E-state index in [9.17, 15) is 19.8 Å². The minimum atomic E-state index is -0.841. The molecule has 0 fully saturated rings. The number of carbonyl (C=O) groups is 2. The zero-order chi connectivity index (χ0) is 55.0. The Morgan fingerprint density at radius 1 is 0.368 bits per heavy atom. The Morgan fingerprint density at radius 3 is 1.03 bits per heavy atom. The van der Waals surface area contributed by atoms with Crippen molar-refractivity contribution in [3.05, 3.63) is 36.5 Å². The largest absolute Gasteiger partial charge is 0.466 e. The maximum absolute atomic E-state index is 12.5. The minimum absolute atomic E-state index is 0.00648. The number of aliphatic hydroxyl groups excluding tert-OH is 2. The minimum Gasteiger partial charge on any atom is -0.466 e.